The number of carbonyl (C=O) groups is 1. The molecule has 0 aromatic heterocycles. The fourth-order valence-electron chi connectivity index (χ4n) is 2.71. The number of nitrogens with one attached hydrogen (secondary N) is 1. The average molecular weight is 261 g/mol. The molecule has 1 aliphatic rings. The lowest BCUT2D eigenvalue weighted by Crippen LogP contribution is -2.36. The lowest BCUT2D eigenvalue weighted by atomic mass is 10.1. The molecule has 3 N–H and O–H groups in total. The SMILES string of the molecule is CCC1CCCN1CC(=O)Nc1cc(N)ccc1C. The number of anilines is 2. The van der Waals surface area contributed by atoms with Crippen LogP contribution in [-0.4, -0.2) is 29.9 Å². The molecular formula is C15H23N3O. The Hall–Kier alpha value is -1.55. The second-order valence-corrected chi connectivity index (χ2v) is 5.30. The molecule has 1 aromatic rings. The van der Waals surface area contributed by atoms with Crippen molar-refractivity contribution < 1.29 is 4.79 Å². The number of nitrogens with zero attached hydrogens (tertiary/aromatic N) is 1. The largest absolute Gasteiger partial charge is 0.399 e. The van der Waals surface area contributed by atoms with E-state index in [2.05, 4.69) is 17.1 Å². The second-order valence-electron chi connectivity index (χ2n) is 5.30. The van der Waals surface area contributed by atoms with Crippen molar-refractivity contribution in [3.8, 4) is 0 Å². The molecule has 1 heterocycles. The summed E-state index contributed by atoms with van der Waals surface area (Å²) in [4.78, 5) is 14.4. The van der Waals surface area contributed by atoms with Crippen molar-refractivity contribution in [1.29, 1.82) is 0 Å². The molecule has 0 bridgehead atoms. The van der Waals surface area contributed by atoms with E-state index in [-0.39, 0.29) is 5.91 Å². The Morgan fingerprint density at radius 1 is 1.53 bits per heavy atom. The van der Waals surface area contributed by atoms with Crippen molar-refractivity contribution in [2.75, 3.05) is 24.1 Å². The molecule has 0 saturated carbocycles. The average Bonchev–Trinajstić information content (AvgIpc) is 2.81. The number of amides is 1. The van der Waals surface area contributed by atoms with E-state index >= 15 is 0 Å². The third-order valence-corrected chi connectivity index (χ3v) is 3.85. The first-order valence-electron chi connectivity index (χ1n) is 7.00. The molecule has 1 aliphatic heterocycles. The minimum atomic E-state index is 0.0500. The molecule has 1 unspecified atom stereocenters. The first kappa shape index (κ1) is 13.9. The third kappa shape index (κ3) is 3.47. The Kier molecular flexibility index (Phi) is 4.43. The molecule has 0 spiro atoms. The predicted molar refractivity (Wildman–Crippen MR) is 79.1 cm³/mol. The van der Waals surface area contributed by atoms with Gasteiger partial charge in [-0.2, -0.15) is 0 Å². The van der Waals surface area contributed by atoms with Crippen LogP contribution in [0.2, 0.25) is 0 Å². The fourth-order valence-corrected chi connectivity index (χ4v) is 2.71. The zero-order valence-electron chi connectivity index (χ0n) is 11.8. The summed E-state index contributed by atoms with van der Waals surface area (Å²) in [6, 6.07) is 6.15. The highest BCUT2D eigenvalue weighted by atomic mass is 16.2. The number of nitrogens with two attached hydrogens (primary N) is 1. The van der Waals surface area contributed by atoms with E-state index in [9.17, 15) is 4.79 Å². The Bertz CT molecular complexity index is 459. The highest BCUT2D eigenvalue weighted by Gasteiger charge is 2.24. The van der Waals surface area contributed by atoms with Crippen LogP contribution < -0.4 is 11.1 Å². The maximum Gasteiger partial charge on any atom is 0.238 e. The number of rotatable bonds is 4. The van der Waals surface area contributed by atoms with E-state index < -0.39 is 0 Å². The van der Waals surface area contributed by atoms with Crippen LogP contribution in [0.15, 0.2) is 18.2 Å². The van der Waals surface area contributed by atoms with Crippen LogP contribution in [0.25, 0.3) is 0 Å². The van der Waals surface area contributed by atoms with Crippen LogP contribution >= 0.6 is 0 Å². The van der Waals surface area contributed by atoms with Gasteiger partial charge in [-0.15, -0.1) is 0 Å². The number of nitrogen functional groups attached to an aromatic ring is 1. The molecular weight excluding hydrogens is 238 g/mol. The number of likely N-dealkylation sites (tertiary alicyclic amines) is 1. The quantitative estimate of drug-likeness (QED) is 0.818. The zero-order valence-corrected chi connectivity index (χ0v) is 11.8. The van der Waals surface area contributed by atoms with Gasteiger partial charge in [0.05, 0.1) is 6.54 Å². The molecule has 4 heteroatoms. The first-order chi connectivity index (χ1) is 9.10. The topological polar surface area (TPSA) is 58.4 Å². The van der Waals surface area contributed by atoms with Crippen LogP contribution in [0.3, 0.4) is 0 Å². The van der Waals surface area contributed by atoms with Crippen molar-refractivity contribution in [2.45, 2.75) is 39.2 Å². The van der Waals surface area contributed by atoms with Gasteiger partial charge in [0, 0.05) is 17.4 Å². The summed E-state index contributed by atoms with van der Waals surface area (Å²) in [5.41, 5.74) is 8.28. The minimum absolute atomic E-state index is 0.0500. The molecule has 1 aromatic carbocycles. The highest BCUT2D eigenvalue weighted by molar-refractivity contribution is 5.93. The van der Waals surface area contributed by atoms with Crippen molar-refractivity contribution in [3.63, 3.8) is 0 Å². The van der Waals surface area contributed by atoms with Crippen molar-refractivity contribution >= 4 is 17.3 Å². The zero-order chi connectivity index (χ0) is 13.8. The van der Waals surface area contributed by atoms with Crippen molar-refractivity contribution in [1.82, 2.24) is 4.90 Å². The molecule has 1 amide bonds. The van der Waals surface area contributed by atoms with Crippen molar-refractivity contribution in [3.05, 3.63) is 23.8 Å². The number of aryl methyl sites for hydroxylation is 1. The van der Waals surface area contributed by atoms with Crippen LogP contribution in [0, 0.1) is 6.92 Å². The molecule has 0 radical (unpaired) electrons. The number of hydrogen-bond donors (Lipinski definition) is 2. The molecule has 1 atom stereocenters. The Morgan fingerprint density at radius 3 is 3.05 bits per heavy atom. The first-order valence-corrected chi connectivity index (χ1v) is 7.00. The smallest absolute Gasteiger partial charge is 0.238 e. The highest BCUT2D eigenvalue weighted by Crippen LogP contribution is 2.21. The Balaban J connectivity index is 1.95. The van der Waals surface area contributed by atoms with Crippen LogP contribution in [0.5, 0.6) is 0 Å². The normalized spacial score (nSPS) is 19.6. The van der Waals surface area contributed by atoms with E-state index in [1.807, 2.05) is 25.1 Å². The summed E-state index contributed by atoms with van der Waals surface area (Å²) in [5.74, 6) is 0.0500. The third-order valence-electron chi connectivity index (χ3n) is 3.85. The van der Waals surface area contributed by atoms with Crippen LogP contribution in [0.4, 0.5) is 11.4 Å². The van der Waals surface area contributed by atoms with Crippen molar-refractivity contribution in [2.24, 2.45) is 0 Å². The number of benzene rings is 1. The minimum Gasteiger partial charge on any atom is -0.399 e. The molecule has 2 rings (SSSR count). The van der Waals surface area contributed by atoms with Gasteiger partial charge in [0.1, 0.15) is 0 Å². The lowest BCUT2D eigenvalue weighted by molar-refractivity contribution is -0.117. The summed E-state index contributed by atoms with van der Waals surface area (Å²) in [7, 11) is 0. The van der Waals surface area contributed by atoms with Gasteiger partial charge in [0.15, 0.2) is 0 Å². The maximum absolute atomic E-state index is 12.1. The summed E-state index contributed by atoms with van der Waals surface area (Å²) >= 11 is 0. The molecule has 104 valence electrons. The summed E-state index contributed by atoms with van der Waals surface area (Å²) < 4.78 is 0. The Morgan fingerprint density at radius 2 is 2.32 bits per heavy atom. The molecule has 0 aliphatic carbocycles. The summed E-state index contributed by atoms with van der Waals surface area (Å²) in [6.07, 6.45) is 3.52. The molecule has 1 fully saturated rings. The molecule has 1 saturated heterocycles. The van der Waals surface area contributed by atoms with Gasteiger partial charge in [-0.1, -0.05) is 13.0 Å². The second kappa shape index (κ2) is 6.06. The molecule has 4 nitrogen and oxygen atoms in total. The summed E-state index contributed by atoms with van der Waals surface area (Å²) in [6.45, 7) is 5.66. The predicted octanol–water partition coefficient (Wildman–Crippen LogP) is 2.39. The van der Waals surface area contributed by atoms with E-state index in [1.54, 1.807) is 0 Å². The van der Waals surface area contributed by atoms with Gasteiger partial charge >= 0.3 is 0 Å². The van der Waals surface area contributed by atoms with Crippen LogP contribution in [0.1, 0.15) is 31.7 Å². The van der Waals surface area contributed by atoms with E-state index in [1.165, 1.54) is 12.8 Å². The lowest BCUT2D eigenvalue weighted by Gasteiger charge is -2.22. The monoisotopic (exact) mass is 261 g/mol. The van der Waals surface area contributed by atoms with Crippen LogP contribution in [-0.2, 0) is 4.79 Å². The van der Waals surface area contributed by atoms with Gasteiger partial charge in [-0.05, 0) is 50.4 Å². The van der Waals surface area contributed by atoms with E-state index in [4.69, 9.17) is 5.73 Å². The van der Waals surface area contributed by atoms with Gasteiger partial charge in [-0.25, -0.2) is 0 Å². The Labute approximate surface area is 115 Å². The number of carbonyl (C=O) groups excluding carboxylic acids is 1. The maximum atomic E-state index is 12.1. The van der Waals surface area contributed by atoms with Gasteiger partial charge in [-0.3, -0.25) is 9.69 Å². The van der Waals surface area contributed by atoms with Gasteiger partial charge < -0.3 is 11.1 Å². The van der Waals surface area contributed by atoms with Gasteiger partial charge in [0.25, 0.3) is 0 Å². The summed E-state index contributed by atoms with van der Waals surface area (Å²) in [5, 5.41) is 2.96. The fraction of sp³-hybridized carbons (Fsp3) is 0.533. The van der Waals surface area contributed by atoms with Gasteiger partial charge in [0.2, 0.25) is 5.91 Å². The molecule has 19 heavy (non-hydrogen) atoms. The number of hydrogen-bond acceptors (Lipinski definition) is 3. The standard InChI is InChI=1S/C15H23N3O/c1-3-13-5-4-8-18(13)10-15(19)17-14-9-12(16)7-6-11(14)2/h6-7,9,13H,3-5,8,10,16H2,1-2H3,(H,17,19). The van der Waals surface area contributed by atoms with E-state index in [0.717, 1.165) is 24.2 Å². The van der Waals surface area contributed by atoms with E-state index in [0.29, 0.717) is 18.3 Å².